The highest BCUT2D eigenvalue weighted by atomic mass is 32.2. The molecule has 0 saturated carbocycles. The van der Waals surface area contributed by atoms with Gasteiger partial charge in [-0.05, 0) is 22.8 Å². The lowest BCUT2D eigenvalue weighted by Crippen LogP contribution is -2.10. The van der Waals surface area contributed by atoms with Crippen LogP contribution in [0.15, 0.2) is 28.5 Å². The fourth-order valence-electron chi connectivity index (χ4n) is 2.12. The predicted molar refractivity (Wildman–Crippen MR) is 91.2 cm³/mol. The molecule has 0 aliphatic rings. The first-order chi connectivity index (χ1) is 9.92. The molecule has 21 heavy (non-hydrogen) atoms. The predicted octanol–water partition coefficient (Wildman–Crippen LogP) is 5.86. The Morgan fingerprint density at radius 2 is 1.86 bits per heavy atom. The van der Waals surface area contributed by atoms with Gasteiger partial charge in [-0.1, -0.05) is 45.0 Å². The van der Waals surface area contributed by atoms with Crippen molar-refractivity contribution in [2.45, 2.75) is 30.4 Å². The lowest BCUT2D eigenvalue weighted by molar-refractivity contribution is 0.590. The van der Waals surface area contributed by atoms with Crippen molar-refractivity contribution in [2.75, 3.05) is 6.26 Å². The molecule has 106 valence electrons. The van der Waals surface area contributed by atoms with Gasteiger partial charge < -0.3 is 0 Å². The van der Waals surface area contributed by atoms with E-state index in [1.54, 1.807) is 0 Å². The van der Waals surface area contributed by atoms with Crippen LogP contribution in [-0.4, -0.2) is 6.26 Å². The molecule has 0 amide bonds. The Balaban J connectivity index is 2.60. The van der Waals surface area contributed by atoms with Gasteiger partial charge in [-0.3, -0.25) is 0 Å². The summed E-state index contributed by atoms with van der Waals surface area (Å²) in [6, 6.07) is 10.4. The van der Waals surface area contributed by atoms with Crippen LogP contribution in [0, 0.1) is 17.9 Å². The molecule has 0 unspecified atom stereocenters. The average molecular weight is 312 g/mol. The molecule has 1 aromatic carbocycles. The molecule has 0 saturated heterocycles. The van der Waals surface area contributed by atoms with E-state index in [9.17, 15) is 5.26 Å². The maximum Gasteiger partial charge on any atom is 0.220 e. The molecule has 0 bridgehead atoms. The number of hydrogen-bond donors (Lipinski definition) is 0. The quantitative estimate of drug-likeness (QED) is 0.513. The van der Waals surface area contributed by atoms with Crippen LogP contribution < -0.4 is 0 Å². The topological polar surface area (TPSA) is 28.1 Å². The second-order valence-corrected chi connectivity index (χ2v) is 7.79. The SMILES string of the molecule is [C-]#[N+]c1c(SC)sc(C#N)c1-c1ccc(C(C)(C)C)cc1. The summed E-state index contributed by atoms with van der Waals surface area (Å²) in [6.45, 7) is 13.9. The van der Waals surface area contributed by atoms with Crippen LogP contribution in [0.4, 0.5) is 5.69 Å². The van der Waals surface area contributed by atoms with Gasteiger partial charge in [-0.2, -0.15) is 5.26 Å². The normalized spacial score (nSPS) is 11.0. The number of rotatable bonds is 2. The van der Waals surface area contributed by atoms with Crippen LogP contribution in [-0.2, 0) is 5.41 Å². The molecule has 0 spiro atoms. The summed E-state index contributed by atoms with van der Waals surface area (Å²) < 4.78 is 0.913. The second kappa shape index (κ2) is 5.93. The summed E-state index contributed by atoms with van der Waals surface area (Å²) >= 11 is 2.93. The van der Waals surface area contributed by atoms with Crippen LogP contribution in [0.3, 0.4) is 0 Å². The zero-order chi connectivity index (χ0) is 15.6. The Bertz CT molecular complexity index is 735. The van der Waals surface area contributed by atoms with Crippen LogP contribution >= 0.6 is 23.1 Å². The molecule has 1 heterocycles. The van der Waals surface area contributed by atoms with Gasteiger partial charge in [0, 0.05) is 5.56 Å². The third-order valence-corrected chi connectivity index (χ3v) is 5.48. The fraction of sp³-hybridized carbons (Fsp3) is 0.294. The van der Waals surface area contributed by atoms with Crippen molar-refractivity contribution in [3.63, 3.8) is 0 Å². The number of nitrogens with zero attached hydrogens (tertiary/aromatic N) is 2. The first-order valence-electron chi connectivity index (χ1n) is 6.51. The summed E-state index contributed by atoms with van der Waals surface area (Å²) in [5.74, 6) is 0. The van der Waals surface area contributed by atoms with E-state index in [-0.39, 0.29) is 5.41 Å². The first-order valence-corrected chi connectivity index (χ1v) is 8.55. The van der Waals surface area contributed by atoms with E-state index in [2.05, 4.69) is 43.8 Å². The lowest BCUT2D eigenvalue weighted by Gasteiger charge is -2.19. The third kappa shape index (κ3) is 2.97. The number of nitriles is 1. The van der Waals surface area contributed by atoms with Crippen LogP contribution in [0.25, 0.3) is 16.0 Å². The van der Waals surface area contributed by atoms with E-state index >= 15 is 0 Å². The highest BCUT2D eigenvalue weighted by molar-refractivity contribution is 8.00. The van der Waals surface area contributed by atoms with Crippen molar-refractivity contribution in [3.8, 4) is 17.2 Å². The van der Waals surface area contributed by atoms with Gasteiger partial charge in [-0.25, -0.2) is 4.85 Å². The van der Waals surface area contributed by atoms with Crippen molar-refractivity contribution >= 4 is 28.8 Å². The fourth-order valence-corrected chi connectivity index (χ4v) is 3.84. The molecule has 0 N–H and O–H groups in total. The van der Waals surface area contributed by atoms with Crippen molar-refractivity contribution in [3.05, 3.63) is 46.1 Å². The van der Waals surface area contributed by atoms with E-state index in [1.807, 2.05) is 18.4 Å². The van der Waals surface area contributed by atoms with Crippen molar-refractivity contribution < 1.29 is 0 Å². The Morgan fingerprint density at radius 3 is 2.29 bits per heavy atom. The zero-order valence-corrected chi connectivity index (χ0v) is 14.2. The molecule has 2 aromatic rings. The third-order valence-electron chi connectivity index (χ3n) is 3.29. The minimum absolute atomic E-state index is 0.0955. The van der Waals surface area contributed by atoms with Crippen LogP contribution in [0.1, 0.15) is 31.2 Å². The largest absolute Gasteiger partial charge is 0.235 e. The minimum Gasteiger partial charge on any atom is -0.235 e. The standard InChI is InChI=1S/C17H16N2S2/c1-17(2,3)12-8-6-11(7-9-12)14-13(10-18)21-16(20-5)15(14)19-4/h6-9H,1-3,5H3. The van der Waals surface area contributed by atoms with Crippen LogP contribution in [0.2, 0.25) is 0 Å². The molecule has 0 aliphatic carbocycles. The van der Waals surface area contributed by atoms with Gasteiger partial charge in [0.2, 0.25) is 5.69 Å². The molecule has 0 fully saturated rings. The molecular weight excluding hydrogens is 296 g/mol. The molecule has 0 radical (unpaired) electrons. The lowest BCUT2D eigenvalue weighted by atomic mass is 9.86. The second-order valence-electron chi connectivity index (χ2n) is 5.70. The smallest absolute Gasteiger partial charge is 0.220 e. The summed E-state index contributed by atoms with van der Waals surface area (Å²) in [6.07, 6.45) is 1.94. The van der Waals surface area contributed by atoms with Crippen molar-refractivity contribution in [1.82, 2.24) is 0 Å². The molecule has 1 aromatic heterocycles. The number of hydrogen-bond acceptors (Lipinski definition) is 3. The van der Waals surface area contributed by atoms with E-state index in [1.165, 1.54) is 28.7 Å². The molecule has 0 aliphatic heterocycles. The van der Waals surface area contributed by atoms with Gasteiger partial charge in [0.25, 0.3) is 0 Å². The van der Waals surface area contributed by atoms with Gasteiger partial charge >= 0.3 is 0 Å². The Hall–Kier alpha value is -1.75. The Kier molecular flexibility index (Phi) is 4.42. The maximum atomic E-state index is 9.34. The van der Waals surface area contributed by atoms with E-state index in [0.717, 1.165) is 15.3 Å². The highest BCUT2D eigenvalue weighted by Crippen LogP contribution is 2.46. The molecule has 0 atom stereocenters. The zero-order valence-electron chi connectivity index (χ0n) is 12.5. The number of thiophene rings is 1. The van der Waals surface area contributed by atoms with Crippen molar-refractivity contribution in [1.29, 1.82) is 5.26 Å². The number of benzene rings is 1. The summed E-state index contributed by atoms with van der Waals surface area (Å²) in [5.41, 5.74) is 3.67. The summed E-state index contributed by atoms with van der Waals surface area (Å²) in [5, 5.41) is 9.34. The minimum atomic E-state index is 0.0955. The Labute approximate surface area is 134 Å². The van der Waals surface area contributed by atoms with Gasteiger partial charge in [0.15, 0.2) is 0 Å². The maximum absolute atomic E-state index is 9.34. The van der Waals surface area contributed by atoms with Gasteiger partial charge in [0.1, 0.15) is 10.9 Å². The molecular formula is C17H16N2S2. The molecule has 2 nitrogen and oxygen atoms in total. The van der Waals surface area contributed by atoms with Gasteiger partial charge in [-0.15, -0.1) is 23.1 Å². The van der Waals surface area contributed by atoms with Crippen LogP contribution in [0.5, 0.6) is 0 Å². The number of thioether (sulfide) groups is 1. The average Bonchev–Trinajstić information content (AvgIpc) is 2.84. The van der Waals surface area contributed by atoms with E-state index in [4.69, 9.17) is 6.57 Å². The first kappa shape index (κ1) is 15.6. The van der Waals surface area contributed by atoms with E-state index < -0.39 is 0 Å². The Morgan fingerprint density at radius 1 is 1.24 bits per heavy atom. The highest BCUT2D eigenvalue weighted by Gasteiger charge is 2.20. The van der Waals surface area contributed by atoms with Crippen molar-refractivity contribution in [2.24, 2.45) is 0 Å². The molecule has 4 heteroatoms. The van der Waals surface area contributed by atoms with Gasteiger partial charge in [0.05, 0.1) is 10.8 Å². The summed E-state index contributed by atoms with van der Waals surface area (Å²) in [4.78, 5) is 4.27. The summed E-state index contributed by atoms with van der Waals surface area (Å²) in [7, 11) is 0. The van der Waals surface area contributed by atoms with E-state index in [0.29, 0.717) is 10.6 Å². The monoisotopic (exact) mass is 312 g/mol. The molecule has 2 rings (SSSR count).